The van der Waals surface area contributed by atoms with Crippen LogP contribution in [-0.2, 0) is 9.59 Å². The first-order valence-electron chi connectivity index (χ1n) is 10.1. The van der Waals surface area contributed by atoms with Gasteiger partial charge in [-0.2, -0.15) is 9.67 Å². The summed E-state index contributed by atoms with van der Waals surface area (Å²) in [6.07, 6.45) is 4.94. The van der Waals surface area contributed by atoms with Gasteiger partial charge in [0.2, 0.25) is 11.8 Å². The van der Waals surface area contributed by atoms with Gasteiger partial charge in [-0.1, -0.05) is 31.4 Å². The highest BCUT2D eigenvalue weighted by Gasteiger charge is 2.45. The van der Waals surface area contributed by atoms with E-state index in [1.54, 1.807) is 19.1 Å². The number of fused-ring (bicyclic) bond motifs is 1. The summed E-state index contributed by atoms with van der Waals surface area (Å²) < 4.78 is 6.90. The fourth-order valence-corrected chi connectivity index (χ4v) is 4.66. The molecular formula is C21H22N4O4. The van der Waals surface area contributed by atoms with E-state index in [-0.39, 0.29) is 30.3 Å². The van der Waals surface area contributed by atoms with Crippen LogP contribution in [0.15, 0.2) is 33.5 Å². The van der Waals surface area contributed by atoms with Crippen molar-refractivity contribution in [1.29, 1.82) is 0 Å². The van der Waals surface area contributed by atoms with Gasteiger partial charge in [0.25, 0.3) is 5.56 Å². The first kappa shape index (κ1) is 17.9. The van der Waals surface area contributed by atoms with Crippen molar-refractivity contribution in [2.24, 2.45) is 0 Å². The number of nitrogens with one attached hydrogen (secondary N) is 1. The van der Waals surface area contributed by atoms with Crippen LogP contribution in [0.1, 0.15) is 55.7 Å². The van der Waals surface area contributed by atoms with Crippen LogP contribution < -0.4 is 5.56 Å². The molecule has 1 N–H and O–H groups in total. The SMILES string of the molecule is Cc1[nH]n(-c2nc3ccccc3o2)c(=O)c1[C@H]1CC(=O)N(C2CCCCC2)C1=O. The monoisotopic (exact) mass is 394 g/mol. The van der Waals surface area contributed by atoms with E-state index in [0.717, 1.165) is 32.1 Å². The third-order valence-corrected chi connectivity index (χ3v) is 6.06. The minimum atomic E-state index is -0.751. The molecule has 3 aromatic rings. The Hall–Kier alpha value is -3.16. The van der Waals surface area contributed by atoms with E-state index >= 15 is 0 Å². The van der Waals surface area contributed by atoms with Gasteiger partial charge >= 0.3 is 6.01 Å². The molecular weight excluding hydrogens is 372 g/mol. The number of H-pyrrole nitrogens is 1. The molecule has 1 atom stereocenters. The van der Waals surface area contributed by atoms with Crippen LogP contribution in [-0.4, -0.2) is 37.5 Å². The molecule has 8 heteroatoms. The zero-order valence-electron chi connectivity index (χ0n) is 16.2. The Labute approximate surface area is 166 Å². The Morgan fingerprint density at radius 1 is 1.10 bits per heavy atom. The van der Waals surface area contributed by atoms with Crippen LogP contribution in [0.5, 0.6) is 0 Å². The molecule has 150 valence electrons. The maximum absolute atomic E-state index is 13.1. The molecule has 2 aromatic heterocycles. The zero-order valence-corrected chi connectivity index (χ0v) is 16.2. The number of aromatic nitrogens is 3. The van der Waals surface area contributed by atoms with Gasteiger partial charge in [-0.25, -0.2) is 0 Å². The lowest BCUT2D eigenvalue weighted by Gasteiger charge is -2.29. The molecule has 0 bridgehead atoms. The third kappa shape index (κ3) is 2.82. The first-order valence-corrected chi connectivity index (χ1v) is 10.1. The molecule has 8 nitrogen and oxygen atoms in total. The van der Waals surface area contributed by atoms with Crippen molar-refractivity contribution < 1.29 is 14.0 Å². The lowest BCUT2D eigenvalue weighted by atomic mass is 9.94. The van der Waals surface area contributed by atoms with E-state index in [0.29, 0.717) is 22.4 Å². The number of hydrogen-bond acceptors (Lipinski definition) is 5. The number of amides is 2. The number of carbonyl (C=O) groups is 2. The summed E-state index contributed by atoms with van der Waals surface area (Å²) in [7, 11) is 0. The van der Waals surface area contributed by atoms with E-state index in [1.807, 2.05) is 12.1 Å². The zero-order chi connectivity index (χ0) is 20.1. The minimum Gasteiger partial charge on any atom is -0.422 e. The van der Waals surface area contributed by atoms with E-state index < -0.39 is 11.5 Å². The summed E-state index contributed by atoms with van der Waals surface area (Å²) in [6, 6.07) is 7.32. The smallest absolute Gasteiger partial charge is 0.325 e. The molecule has 2 fully saturated rings. The molecule has 1 aliphatic heterocycles. The number of oxazole rings is 1. The van der Waals surface area contributed by atoms with Gasteiger partial charge in [0.1, 0.15) is 5.52 Å². The van der Waals surface area contributed by atoms with E-state index in [1.165, 1.54) is 9.58 Å². The van der Waals surface area contributed by atoms with Gasteiger partial charge in [0.05, 0.1) is 11.5 Å². The van der Waals surface area contributed by atoms with Crippen molar-refractivity contribution in [3.63, 3.8) is 0 Å². The highest BCUT2D eigenvalue weighted by Crippen LogP contribution is 2.34. The quantitative estimate of drug-likeness (QED) is 0.689. The minimum absolute atomic E-state index is 0.0349. The van der Waals surface area contributed by atoms with Gasteiger partial charge in [-0.05, 0) is 31.9 Å². The summed E-state index contributed by atoms with van der Waals surface area (Å²) in [5.41, 5.74) is 1.68. The maximum Gasteiger partial charge on any atom is 0.325 e. The van der Waals surface area contributed by atoms with Gasteiger partial charge in [-0.15, -0.1) is 0 Å². The Morgan fingerprint density at radius 3 is 2.62 bits per heavy atom. The summed E-state index contributed by atoms with van der Waals surface area (Å²) in [6.45, 7) is 1.73. The maximum atomic E-state index is 13.1. The average molecular weight is 394 g/mol. The highest BCUT2D eigenvalue weighted by molar-refractivity contribution is 6.06. The molecule has 1 aliphatic carbocycles. The molecule has 1 saturated heterocycles. The van der Waals surface area contributed by atoms with Crippen LogP contribution in [0.3, 0.4) is 0 Å². The topological polar surface area (TPSA) is 101 Å². The first-order chi connectivity index (χ1) is 14.0. The van der Waals surface area contributed by atoms with Crippen LogP contribution in [0, 0.1) is 6.92 Å². The van der Waals surface area contributed by atoms with Crippen molar-refractivity contribution in [3.05, 3.63) is 45.9 Å². The van der Waals surface area contributed by atoms with Gasteiger partial charge in [0.15, 0.2) is 5.58 Å². The number of para-hydroxylation sites is 2. The van der Waals surface area contributed by atoms with E-state index in [2.05, 4.69) is 10.1 Å². The number of rotatable bonds is 3. The second kappa shape index (κ2) is 6.72. The lowest BCUT2D eigenvalue weighted by Crippen LogP contribution is -2.41. The van der Waals surface area contributed by atoms with Crippen LogP contribution in [0.25, 0.3) is 17.1 Å². The van der Waals surface area contributed by atoms with Crippen molar-refractivity contribution >= 4 is 22.9 Å². The van der Waals surface area contributed by atoms with Gasteiger partial charge in [0, 0.05) is 18.2 Å². The van der Waals surface area contributed by atoms with Gasteiger partial charge in [-0.3, -0.25) is 24.4 Å². The molecule has 2 aliphatic rings. The predicted molar refractivity (Wildman–Crippen MR) is 105 cm³/mol. The molecule has 1 saturated carbocycles. The number of aryl methyl sites for hydroxylation is 1. The fourth-order valence-electron chi connectivity index (χ4n) is 4.66. The lowest BCUT2D eigenvalue weighted by molar-refractivity contribution is -0.142. The molecule has 1 aromatic carbocycles. The molecule has 0 spiro atoms. The van der Waals surface area contributed by atoms with E-state index in [9.17, 15) is 14.4 Å². The van der Waals surface area contributed by atoms with Crippen molar-refractivity contribution in [2.75, 3.05) is 0 Å². The highest BCUT2D eigenvalue weighted by atomic mass is 16.4. The number of carbonyl (C=O) groups excluding carboxylic acids is 2. The Kier molecular flexibility index (Phi) is 4.15. The van der Waals surface area contributed by atoms with Crippen LogP contribution in [0.2, 0.25) is 0 Å². The third-order valence-electron chi connectivity index (χ3n) is 6.06. The Morgan fingerprint density at radius 2 is 1.86 bits per heavy atom. The molecule has 3 heterocycles. The fraction of sp³-hybridized carbons (Fsp3) is 0.429. The van der Waals surface area contributed by atoms with Crippen molar-refractivity contribution in [3.8, 4) is 6.01 Å². The summed E-state index contributed by atoms with van der Waals surface area (Å²) in [5, 5.41) is 2.96. The summed E-state index contributed by atoms with van der Waals surface area (Å²) >= 11 is 0. The Bertz CT molecular complexity index is 1130. The standard InChI is InChI=1S/C21H22N4O4/c1-12-18(14-11-17(26)24(19(14)27)13-7-3-2-4-8-13)20(28)25(23-12)21-22-15-9-5-6-10-16(15)29-21/h5-6,9-10,13-14,23H,2-4,7-8,11H2,1H3/t14-/m1/s1. The van der Waals surface area contributed by atoms with Gasteiger partial charge < -0.3 is 4.42 Å². The largest absolute Gasteiger partial charge is 0.422 e. The normalized spacial score (nSPS) is 20.9. The molecule has 5 rings (SSSR count). The second-order valence-corrected chi connectivity index (χ2v) is 7.91. The number of benzene rings is 1. The molecule has 2 amide bonds. The van der Waals surface area contributed by atoms with E-state index in [4.69, 9.17) is 4.42 Å². The van der Waals surface area contributed by atoms with Crippen LogP contribution in [0.4, 0.5) is 0 Å². The number of hydrogen-bond donors (Lipinski definition) is 1. The Balaban J connectivity index is 1.51. The number of aromatic amines is 1. The number of imide groups is 1. The predicted octanol–water partition coefficient (Wildman–Crippen LogP) is 2.79. The average Bonchev–Trinajstić information content (AvgIpc) is 3.36. The molecule has 0 unspecified atom stereocenters. The number of nitrogens with zero attached hydrogens (tertiary/aromatic N) is 3. The molecule has 0 radical (unpaired) electrons. The van der Waals surface area contributed by atoms with Crippen molar-refractivity contribution in [2.45, 2.75) is 57.4 Å². The summed E-state index contributed by atoms with van der Waals surface area (Å²) in [4.78, 5) is 44.7. The number of likely N-dealkylation sites (tertiary alicyclic amines) is 1. The molecule has 29 heavy (non-hydrogen) atoms. The van der Waals surface area contributed by atoms with Crippen molar-refractivity contribution in [1.82, 2.24) is 19.7 Å². The second-order valence-electron chi connectivity index (χ2n) is 7.91. The van der Waals surface area contributed by atoms with Crippen LogP contribution >= 0.6 is 0 Å². The summed E-state index contributed by atoms with van der Waals surface area (Å²) in [5.74, 6) is -1.19.